The van der Waals surface area contributed by atoms with E-state index < -0.39 is 0 Å². The predicted octanol–water partition coefficient (Wildman–Crippen LogP) is 2.38. The maximum Gasteiger partial charge on any atom is 0.233 e. The van der Waals surface area contributed by atoms with Gasteiger partial charge in [-0.25, -0.2) is 4.98 Å². The number of fused-ring (bicyclic) bond motifs is 1. The van der Waals surface area contributed by atoms with Gasteiger partial charge in [-0.2, -0.15) is 0 Å². The zero-order chi connectivity index (χ0) is 16.4. The van der Waals surface area contributed by atoms with Crippen molar-refractivity contribution in [3.05, 3.63) is 24.3 Å². The molecule has 0 bridgehead atoms. The highest BCUT2D eigenvalue weighted by molar-refractivity contribution is 7.99. The van der Waals surface area contributed by atoms with Crippen LogP contribution in [-0.2, 0) is 11.3 Å². The lowest BCUT2D eigenvalue weighted by Gasteiger charge is -2.17. The zero-order valence-electron chi connectivity index (χ0n) is 13.6. The van der Waals surface area contributed by atoms with Crippen LogP contribution in [0.25, 0.3) is 11.0 Å². The summed E-state index contributed by atoms with van der Waals surface area (Å²) in [5.41, 5.74) is 2.08. The number of likely N-dealkylation sites (tertiary alicyclic amines) is 1. The normalized spacial score (nSPS) is 19.4. The van der Waals surface area contributed by atoms with Crippen molar-refractivity contribution >= 4 is 28.7 Å². The fourth-order valence-corrected chi connectivity index (χ4v) is 4.08. The van der Waals surface area contributed by atoms with E-state index in [1.54, 1.807) is 6.92 Å². The molecule has 2 aromatic rings. The Labute approximate surface area is 140 Å². The van der Waals surface area contributed by atoms with Gasteiger partial charge in [0, 0.05) is 25.6 Å². The minimum absolute atomic E-state index is 0.132. The Morgan fingerprint density at radius 1 is 1.48 bits per heavy atom. The van der Waals surface area contributed by atoms with Crippen molar-refractivity contribution in [1.29, 1.82) is 0 Å². The van der Waals surface area contributed by atoms with Crippen LogP contribution in [0.1, 0.15) is 20.3 Å². The number of aliphatic hydroxyl groups is 1. The molecule has 2 heterocycles. The quantitative estimate of drug-likeness (QED) is 0.854. The Bertz CT molecular complexity index is 698. The van der Waals surface area contributed by atoms with Crippen molar-refractivity contribution in [3.8, 4) is 0 Å². The van der Waals surface area contributed by atoms with Crippen molar-refractivity contribution in [3.63, 3.8) is 0 Å². The molecule has 2 unspecified atom stereocenters. The highest BCUT2D eigenvalue weighted by Crippen LogP contribution is 2.25. The first-order valence-corrected chi connectivity index (χ1v) is 9.12. The van der Waals surface area contributed by atoms with E-state index in [1.807, 2.05) is 23.1 Å². The first-order chi connectivity index (χ1) is 11.1. The first kappa shape index (κ1) is 16.3. The van der Waals surface area contributed by atoms with Gasteiger partial charge in [0.1, 0.15) is 0 Å². The van der Waals surface area contributed by atoms with Gasteiger partial charge in [-0.15, -0.1) is 0 Å². The van der Waals surface area contributed by atoms with Gasteiger partial charge in [0.25, 0.3) is 0 Å². The molecule has 1 aromatic carbocycles. The van der Waals surface area contributed by atoms with Crippen LogP contribution in [0.2, 0.25) is 0 Å². The monoisotopic (exact) mass is 333 g/mol. The Morgan fingerprint density at radius 2 is 2.26 bits per heavy atom. The molecule has 0 saturated carbocycles. The second-order valence-corrected chi connectivity index (χ2v) is 6.99. The van der Waals surface area contributed by atoms with Crippen LogP contribution in [-0.4, -0.2) is 50.4 Å². The standard InChI is InChI=1S/C17H23N3O2S/c1-3-20-15-7-5-4-6-14(15)18-17(20)23-11-16(22)19-9-8-13(10-19)12(2)21/h4-7,12-13,21H,3,8-11H2,1-2H3. The van der Waals surface area contributed by atoms with Gasteiger partial charge < -0.3 is 14.6 Å². The first-order valence-electron chi connectivity index (χ1n) is 8.14. The summed E-state index contributed by atoms with van der Waals surface area (Å²) in [6, 6.07) is 8.05. The molecule has 0 aliphatic carbocycles. The predicted molar refractivity (Wildman–Crippen MR) is 92.5 cm³/mol. The van der Waals surface area contributed by atoms with E-state index in [1.165, 1.54) is 11.8 Å². The van der Waals surface area contributed by atoms with Gasteiger partial charge in [-0.3, -0.25) is 4.79 Å². The summed E-state index contributed by atoms with van der Waals surface area (Å²) >= 11 is 1.50. The van der Waals surface area contributed by atoms with Crippen molar-refractivity contribution in [1.82, 2.24) is 14.5 Å². The van der Waals surface area contributed by atoms with Gasteiger partial charge >= 0.3 is 0 Å². The van der Waals surface area contributed by atoms with Crippen LogP contribution >= 0.6 is 11.8 Å². The average molecular weight is 333 g/mol. The van der Waals surface area contributed by atoms with Crippen molar-refractivity contribution in [2.45, 2.75) is 38.1 Å². The summed E-state index contributed by atoms with van der Waals surface area (Å²) in [5.74, 6) is 0.743. The number of rotatable bonds is 5. The lowest BCUT2D eigenvalue weighted by molar-refractivity contribution is -0.127. The third-order valence-corrected chi connectivity index (χ3v) is 5.48. The summed E-state index contributed by atoms with van der Waals surface area (Å²) in [5, 5.41) is 10.5. The second kappa shape index (κ2) is 6.93. The average Bonchev–Trinajstić information content (AvgIpc) is 3.16. The third-order valence-electron chi connectivity index (χ3n) is 4.52. The molecule has 1 fully saturated rings. The summed E-state index contributed by atoms with van der Waals surface area (Å²) < 4.78 is 2.15. The number of carbonyl (C=O) groups excluding carboxylic acids is 1. The summed E-state index contributed by atoms with van der Waals surface area (Å²) in [6.45, 7) is 6.15. The minimum atomic E-state index is -0.343. The minimum Gasteiger partial charge on any atom is -0.393 e. The van der Waals surface area contributed by atoms with E-state index in [0.717, 1.165) is 35.7 Å². The number of para-hydroxylation sites is 2. The van der Waals surface area contributed by atoms with Crippen LogP contribution < -0.4 is 0 Å². The van der Waals surface area contributed by atoms with E-state index in [2.05, 4.69) is 22.5 Å². The Hall–Kier alpha value is -1.53. The van der Waals surface area contributed by atoms with Gasteiger partial charge in [0.2, 0.25) is 5.91 Å². The largest absolute Gasteiger partial charge is 0.393 e. The number of carbonyl (C=O) groups is 1. The Balaban J connectivity index is 1.65. The fraction of sp³-hybridized carbons (Fsp3) is 0.529. The number of hydrogen-bond donors (Lipinski definition) is 1. The molecule has 5 nitrogen and oxygen atoms in total. The highest BCUT2D eigenvalue weighted by atomic mass is 32.2. The Morgan fingerprint density at radius 3 is 2.96 bits per heavy atom. The topological polar surface area (TPSA) is 58.4 Å². The molecule has 3 rings (SSSR count). The molecule has 0 radical (unpaired) electrons. The maximum atomic E-state index is 12.4. The molecule has 1 amide bonds. The van der Waals surface area contributed by atoms with E-state index in [-0.39, 0.29) is 17.9 Å². The zero-order valence-corrected chi connectivity index (χ0v) is 14.4. The van der Waals surface area contributed by atoms with Crippen LogP contribution in [0.3, 0.4) is 0 Å². The lowest BCUT2D eigenvalue weighted by atomic mass is 10.0. The smallest absolute Gasteiger partial charge is 0.233 e. The van der Waals surface area contributed by atoms with Crippen LogP contribution in [0.5, 0.6) is 0 Å². The second-order valence-electron chi connectivity index (χ2n) is 6.05. The molecule has 124 valence electrons. The molecular formula is C17H23N3O2S. The molecule has 2 atom stereocenters. The van der Waals surface area contributed by atoms with E-state index >= 15 is 0 Å². The molecule has 1 saturated heterocycles. The molecule has 1 N–H and O–H groups in total. The van der Waals surface area contributed by atoms with Gasteiger partial charge in [0.15, 0.2) is 5.16 Å². The van der Waals surface area contributed by atoms with Crippen LogP contribution in [0.15, 0.2) is 29.4 Å². The van der Waals surface area contributed by atoms with Gasteiger partial charge in [0.05, 0.1) is 22.9 Å². The number of amides is 1. The van der Waals surface area contributed by atoms with E-state index in [9.17, 15) is 9.90 Å². The highest BCUT2D eigenvalue weighted by Gasteiger charge is 2.29. The number of hydrogen-bond acceptors (Lipinski definition) is 4. The van der Waals surface area contributed by atoms with Gasteiger partial charge in [-0.05, 0) is 32.4 Å². The number of imidazole rings is 1. The number of thioether (sulfide) groups is 1. The van der Waals surface area contributed by atoms with Crippen LogP contribution in [0.4, 0.5) is 0 Å². The number of aryl methyl sites for hydroxylation is 1. The fourth-order valence-electron chi connectivity index (χ4n) is 3.09. The number of aliphatic hydroxyl groups excluding tert-OH is 1. The van der Waals surface area contributed by atoms with Crippen molar-refractivity contribution in [2.75, 3.05) is 18.8 Å². The molecule has 1 aliphatic rings. The summed E-state index contributed by atoms with van der Waals surface area (Å²) in [4.78, 5) is 18.9. The van der Waals surface area contributed by atoms with E-state index in [0.29, 0.717) is 12.3 Å². The number of benzene rings is 1. The third kappa shape index (κ3) is 3.38. The van der Waals surface area contributed by atoms with Crippen LogP contribution in [0, 0.1) is 5.92 Å². The van der Waals surface area contributed by atoms with Gasteiger partial charge in [-0.1, -0.05) is 23.9 Å². The molecule has 1 aromatic heterocycles. The number of nitrogens with zero attached hydrogens (tertiary/aromatic N) is 3. The van der Waals surface area contributed by atoms with E-state index in [4.69, 9.17) is 0 Å². The summed E-state index contributed by atoms with van der Waals surface area (Å²) in [6.07, 6.45) is 0.548. The maximum absolute atomic E-state index is 12.4. The van der Waals surface area contributed by atoms with Crippen molar-refractivity contribution < 1.29 is 9.90 Å². The molecule has 23 heavy (non-hydrogen) atoms. The molecule has 6 heteroatoms. The summed E-state index contributed by atoms with van der Waals surface area (Å²) in [7, 11) is 0. The van der Waals surface area contributed by atoms with Crippen molar-refractivity contribution in [2.24, 2.45) is 5.92 Å². The SMILES string of the molecule is CCn1c(SCC(=O)N2CCC(C(C)O)C2)nc2ccccc21. The molecule has 0 spiro atoms. The number of aromatic nitrogens is 2. The molecule has 1 aliphatic heterocycles. The lowest BCUT2D eigenvalue weighted by Crippen LogP contribution is -2.31. The Kier molecular flexibility index (Phi) is 4.92. The molecular weight excluding hydrogens is 310 g/mol.